The van der Waals surface area contributed by atoms with E-state index in [9.17, 15) is 58.8 Å². The Kier molecular flexibility index (Phi) is 19.6. The van der Waals surface area contributed by atoms with Crippen LogP contribution < -0.4 is 26.6 Å². The largest absolute Gasteiger partial charge is 0.508 e. The minimum Gasteiger partial charge on any atom is -0.508 e. The second-order valence-corrected chi connectivity index (χ2v) is 18.5. The molecule has 0 aromatic heterocycles. The van der Waals surface area contributed by atoms with Gasteiger partial charge in [0.2, 0.25) is 41.4 Å². The highest BCUT2D eigenvalue weighted by atomic mass is 16.5. The van der Waals surface area contributed by atoms with E-state index in [0.717, 1.165) is 9.80 Å². The van der Waals surface area contributed by atoms with E-state index in [2.05, 4.69) is 26.6 Å². The topological polar surface area (TPSA) is 310 Å². The number of phenols is 2. The second-order valence-electron chi connectivity index (χ2n) is 18.5. The number of nitrogens with zero attached hydrogens (tertiary/aromatic N) is 2. The second kappa shape index (κ2) is 25.5. The van der Waals surface area contributed by atoms with Crippen LogP contribution in [0.2, 0.25) is 0 Å². The summed E-state index contributed by atoms with van der Waals surface area (Å²) < 4.78 is 5.84. The van der Waals surface area contributed by atoms with Gasteiger partial charge in [0.15, 0.2) is 0 Å². The molecule has 0 saturated carbocycles. The van der Waals surface area contributed by atoms with Crippen molar-refractivity contribution in [2.45, 2.75) is 140 Å². The van der Waals surface area contributed by atoms with Gasteiger partial charge >= 0.3 is 11.9 Å². The molecular formula is C51H65N7O14. The molecule has 2 bridgehead atoms. The number of fused-ring (bicyclic) bond motifs is 2. The van der Waals surface area contributed by atoms with Gasteiger partial charge in [0, 0.05) is 26.3 Å². The molecule has 3 aromatic carbocycles. The van der Waals surface area contributed by atoms with Gasteiger partial charge in [-0.1, -0.05) is 75.4 Å². The normalized spacial score (nSPS) is 24.1. The predicted molar refractivity (Wildman–Crippen MR) is 258 cm³/mol. The van der Waals surface area contributed by atoms with Gasteiger partial charge in [-0.2, -0.15) is 0 Å². The number of hydrogen-bond donors (Lipinski definition) is 9. The smallest absolute Gasteiger partial charge is 0.329 e. The zero-order chi connectivity index (χ0) is 52.8. The molecule has 9 unspecified atom stereocenters. The third-order valence-electron chi connectivity index (χ3n) is 12.6. The molecule has 72 heavy (non-hydrogen) atoms. The number of aryl methyl sites for hydroxylation is 1. The number of benzene rings is 3. The molecule has 3 aromatic rings. The number of carbonyl (C=O) groups is 9. The first kappa shape index (κ1) is 55.4. The number of hydrogen-bond acceptors (Lipinski definition) is 13. The van der Waals surface area contributed by atoms with Crippen molar-refractivity contribution < 1.29 is 68.3 Å². The molecule has 21 nitrogen and oxygen atoms in total. The molecule has 2 saturated heterocycles. The summed E-state index contributed by atoms with van der Waals surface area (Å²) in [5.41, 5.74) is 1.68. The molecule has 9 atom stereocenters. The average molecular weight is 1000 g/mol. The first-order valence-corrected chi connectivity index (χ1v) is 24.0. The van der Waals surface area contributed by atoms with E-state index < -0.39 is 120 Å². The fourth-order valence-corrected chi connectivity index (χ4v) is 8.61. The van der Waals surface area contributed by atoms with E-state index in [4.69, 9.17) is 4.74 Å². The third-order valence-corrected chi connectivity index (χ3v) is 12.6. The molecule has 2 fully saturated rings. The number of ether oxygens (including phenoxy) is 1. The molecule has 2 heterocycles. The Morgan fingerprint density at radius 3 is 1.97 bits per heavy atom. The number of rotatable bonds is 15. The van der Waals surface area contributed by atoms with Crippen LogP contribution in [-0.2, 0) is 67.2 Å². The summed E-state index contributed by atoms with van der Waals surface area (Å²) >= 11 is 0. The predicted octanol–water partition coefficient (Wildman–Crippen LogP) is 0.952. The van der Waals surface area contributed by atoms with E-state index in [-0.39, 0.29) is 56.4 Å². The fourth-order valence-electron chi connectivity index (χ4n) is 8.61. The first-order chi connectivity index (χ1) is 34.2. The maximum absolute atomic E-state index is 15.1. The van der Waals surface area contributed by atoms with Crippen molar-refractivity contribution in [1.29, 1.82) is 0 Å². The molecule has 7 amide bonds. The van der Waals surface area contributed by atoms with Crippen molar-refractivity contribution in [3.05, 3.63) is 95.6 Å². The van der Waals surface area contributed by atoms with Crippen molar-refractivity contribution in [3.8, 4) is 11.5 Å². The number of cyclic esters (lactones) is 1. The van der Waals surface area contributed by atoms with Crippen LogP contribution in [0.3, 0.4) is 0 Å². The molecular weight excluding hydrogens is 935 g/mol. The molecule has 388 valence electrons. The summed E-state index contributed by atoms with van der Waals surface area (Å²) in [7, 11) is 1.36. The van der Waals surface area contributed by atoms with Gasteiger partial charge in [-0.25, -0.2) is 4.79 Å². The lowest BCUT2D eigenvalue weighted by Gasteiger charge is -2.43. The Morgan fingerprint density at radius 2 is 1.38 bits per heavy atom. The SMILES string of the molecule is CCCC(=O)NC(CC(=O)O)C(=O)NC1C(=O)NC(Cc2ccc(O)cc2)C(=O)NC2CCC(O)N(C2=O)C(Cc2ccccc2)C(=O)N(C)C(CCc2ccc(O)cc2)C(=O)NC(C(C)C)C(=O)OC1C. The number of aliphatic hydroxyl groups excluding tert-OH is 1. The van der Waals surface area contributed by atoms with Gasteiger partial charge in [-0.15, -0.1) is 0 Å². The molecule has 9 N–H and O–H groups in total. The number of aliphatic hydroxyl groups is 1. The van der Waals surface area contributed by atoms with E-state index >= 15 is 4.79 Å². The Hall–Kier alpha value is -7.55. The van der Waals surface area contributed by atoms with Gasteiger partial charge in [0.1, 0.15) is 66.1 Å². The standard InChI is InChI=1S/C51H65N7O14/c1-6-10-40(61)52-37(27-42(63)64)46(66)56-44-29(4)72-51(71)43(28(2)3)55-47(67)38(23-17-30-13-18-33(59)19-14-30)57(5)50(70)39(26-31-11-8-7-9-12-31)58-41(62)24-22-35(49(58)69)53-45(65)36(54-48(44)68)25-32-15-20-34(60)21-16-32/h7-9,11-16,18-21,28-29,35-39,41,43-44,59-60,62H,6,10,17,22-27H2,1-5H3,(H,52,61)(H,53,65)(H,54,68)(H,55,67)(H,56,66)(H,63,64). The Labute approximate surface area is 417 Å². The number of aromatic hydroxyl groups is 2. The lowest BCUT2D eigenvalue weighted by Crippen LogP contribution is -2.65. The molecule has 2 aliphatic rings. The number of likely N-dealkylation sites (N-methyl/N-ethyl adjacent to an activating group) is 1. The van der Waals surface area contributed by atoms with Crippen LogP contribution in [0, 0.1) is 5.92 Å². The Bertz CT molecular complexity index is 2420. The number of amides is 7. The summed E-state index contributed by atoms with van der Waals surface area (Å²) in [6.07, 6.45) is -4.30. The quantitative estimate of drug-likeness (QED) is 0.0959. The van der Waals surface area contributed by atoms with Crippen LogP contribution in [0.15, 0.2) is 78.9 Å². The lowest BCUT2D eigenvalue weighted by molar-refractivity contribution is -0.165. The van der Waals surface area contributed by atoms with E-state index in [1.807, 2.05) is 0 Å². The van der Waals surface area contributed by atoms with Crippen LogP contribution in [0.1, 0.15) is 82.9 Å². The van der Waals surface area contributed by atoms with E-state index in [0.29, 0.717) is 23.1 Å². The van der Waals surface area contributed by atoms with Gasteiger partial charge < -0.3 is 61.5 Å². The molecule has 0 radical (unpaired) electrons. The highest BCUT2D eigenvalue weighted by Gasteiger charge is 2.46. The number of carboxylic acids is 1. The molecule has 5 rings (SSSR count). The summed E-state index contributed by atoms with van der Waals surface area (Å²) in [5, 5.41) is 53.9. The van der Waals surface area contributed by atoms with Crippen molar-refractivity contribution in [3.63, 3.8) is 0 Å². The van der Waals surface area contributed by atoms with Gasteiger partial charge in [0.25, 0.3) is 0 Å². The monoisotopic (exact) mass is 999 g/mol. The number of phenolic OH excluding ortho intramolecular Hbond substituents is 2. The minimum absolute atomic E-state index is 0.00260. The first-order valence-electron chi connectivity index (χ1n) is 24.0. The van der Waals surface area contributed by atoms with E-state index in [1.165, 1.54) is 50.4 Å². The summed E-state index contributed by atoms with van der Waals surface area (Å²) in [5.74, 6) is -9.69. The fraction of sp³-hybridized carbons (Fsp3) is 0.471. The molecule has 21 heteroatoms. The lowest BCUT2D eigenvalue weighted by atomic mass is 9.95. The maximum atomic E-state index is 15.1. The van der Waals surface area contributed by atoms with Crippen LogP contribution >= 0.6 is 0 Å². The Balaban J connectivity index is 1.64. The molecule has 0 spiro atoms. The van der Waals surface area contributed by atoms with Gasteiger partial charge in [-0.05, 0) is 85.9 Å². The summed E-state index contributed by atoms with van der Waals surface area (Å²) in [6.45, 7) is 6.11. The number of piperidine rings is 1. The highest BCUT2D eigenvalue weighted by molar-refractivity contribution is 5.99. The minimum atomic E-state index is -1.90. The number of esters is 1. The third kappa shape index (κ3) is 15.0. The number of aliphatic carboxylic acids is 1. The number of carboxylic acid groups (broad SMARTS) is 1. The van der Waals surface area contributed by atoms with Crippen molar-refractivity contribution in [2.24, 2.45) is 5.92 Å². The Morgan fingerprint density at radius 1 is 0.764 bits per heavy atom. The van der Waals surface area contributed by atoms with Crippen LogP contribution in [0.5, 0.6) is 11.5 Å². The van der Waals surface area contributed by atoms with Crippen molar-refractivity contribution in [1.82, 2.24) is 36.4 Å². The van der Waals surface area contributed by atoms with Crippen LogP contribution in [-0.4, -0.2) is 145 Å². The zero-order valence-corrected chi connectivity index (χ0v) is 40.9. The molecule has 0 aliphatic carbocycles. The zero-order valence-electron chi connectivity index (χ0n) is 40.9. The van der Waals surface area contributed by atoms with Crippen LogP contribution in [0.25, 0.3) is 0 Å². The molecule has 2 aliphatic heterocycles. The number of carbonyl (C=O) groups excluding carboxylic acids is 8. The summed E-state index contributed by atoms with van der Waals surface area (Å²) in [6, 6.07) is 9.62. The number of nitrogens with one attached hydrogen (secondary N) is 5. The van der Waals surface area contributed by atoms with Crippen molar-refractivity contribution >= 4 is 53.3 Å². The van der Waals surface area contributed by atoms with Crippen molar-refractivity contribution in [2.75, 3.05) is 7.05 Å². The van der Waals surface area contributed by atoms with Gasteiger partial charge in [0.05, 0.1) is 6.42 Å². The highest BCUT2D eigenvalue weighted by Crippen LogP contribution is 2.26. The van der Waals surface area contributed by atoms with Gasteiger partial charge in [-0.3, -0.25) is 38.4 Å². The van der Waals surface area contributed by atoms with E-state index in [1.54, 1.807) is 63.2 Å². The average Bonchev–Trinajstić information content (AvgIpc) is 3.33. The summed E-state index contributed by atoms with van der Waals surface area (Å²) in [4.78, 5) is 129. The van der Waals surface area contributed by atoms with Crippen LogP contribution in [0.4, 0.5) is 0 Å². The maximum Gasteiger partial charge on any atom is 0.329 e.